The average Bonchev–Trinajstić information content (AvgIpc) is 2.37. The van der Waals surface area contributed by atoms with Crippen LogP contribution in [0.4, 0.5) is 0 Å². The molecular weight excluding hydrogens is 238 g/mol. The Hall–Kier alpha value is -1.08. The van der Waals surface area contributed by atoms with E-state index in [-0.39, 0.29) is 17.9 Å². The van der Waals surface area contributed by atoms with Crippen molar-refractivity contribution < 1.29 is 4.79 Å². The molecular formula is C15H27N3O. The first kappa shape index (κ1) is 16.0. The van der Waals surface area contributed by atoms with Crippen molar-refractivity contribution in [2.45, 2.75) is 59.0 Å². The van der Waals surface area contributed by atoms with Gasteiger partial charge in [0.25, 0.3) is 0 Å². The van der Waals surface area contributed by atoms with Crippen molar-refractivity contribution in [2.75, 3.05) is 13.1 Å². The summed E-state index contributed by atoms with van der Waals surface area (Å²) in [5.74, 6) is 0.706. The number of nitrogens with zero attached hydrogens (tertiary/aromatic N) is 2. The second-order valence-corrected chi connectivity index (χ2v) is 6.38. The second-order valence-electron chi connectivity index (χ2n) is 6.38. The molecule has 4 heteroatoms. The molecule has 1 aliphatic rings. The summed E-state index contributed by atoms with van der Waals surface area (Å²) in [6.07, 6.45) is 2.39. The van der Waals surface area contributed by atoms with E-state index in [2.05, 4.69) is 23.2 Å². The van der Waals surface area contributed by atoms with E-state index >= 15 is 0 Å². The van der Waals surface area contributed by atoms with Gasteiger partial charge in [0.1, 0.15) is 5.54 Å². The molecule has 108 valence electrons. The Morgan fingerprint density at radius 3 is 2.58 bits per heavy atom. The first-order chi connectivity index (χ1) is 8.80. The number of hydrogen-bond donors (Lipinski definition) is 1. The third-order valence-electron chi connectivity index (χ3n) is 4.39. The average molecular weight is 265 g/mol. The maximum atomic E-state index is 12.3. The number of nitriles is 1. The van der Waals surface area contributed by atoms with Gasteiger partial charge in [-0.2, -0.15) is 5.26 Å². The van der Waals surface area contributed by atoms with Crippen molar-refractivity contribution in [3.8, 4) is 6.07 Å². The zero-order valence-electron chi connectivity index (χ0n) is 12.9. The van der Waals surface area contributed by atoms with Crippen molar-refractivity contribution in [1.29, 1.82) is 5.26 Å². The number of likely N-dealkylation sites (tertiary alicyclic amines) is 1. The molecule has 4 nitrogen and oxygen atoms in total. The molecule has 0 aromatic rings. The van der Waals surface area contributed by atoms with E-state index in [1.165, 1.54) is 6.42 Å². The number of hydrogen-bond acceptors (Lipinski definition) is 3. The van der Waals surface area contributed by atoms with Gasteiger partial charge in [-0.05, 0) is 45.1 Å². The van der Waals surface area contributed by atoms with E-state index in [1.807, 2.05) is 20.8 Å². The molecule has 3 atom stereocenters. The fraction of sp³-hybridized carbons (Fsp3) is 0.867. The summed E-state index contributed by atoms with van der Waals surface area (Å²) in [5, 5.41) is 12.2. The number of carbonyl (C=O) groups excluding carboxylic acids is 1. The van der Waals surface area contributed by atoms with Crippen LogP contribution in [0.5, 0.6) is 0 Å². The number of nitrogens with one attached hydrogen (secondary N) is 1. The minimum Gasteiger partial charge on any atom is -0.336 e. The van der Waals surface area contributed by atoms with E-state index in [0.29, 0.717) is 5.92 Å². The minimum absolute atomic E-state index is 0.0353. The molecule has 1 amide bonds. The number of rotatable bonds is 4. The lowest BCUT2D eigenvalue weighted by Crippen LogP contribution is -2.56. The molecule has 1 rings (SSSR count). The zero-order valence-corrected chi connectivity index (χ0v) is 12.9. The number of amides is 1. The molecule has 1 fully saturated rings. The van der Waals surface area contributed by atoms with E-state index in [1.54, 1.807) is 6.92 Å². The fourth-order valence-corrected chi connectivity index (χ4v) is 2.41. The zero-order chi connectivity index (χ0) is 14.6. The summed E-state index contributed by atoms with van der Waals surface area (Å²) >= 11 is 0. The van der Waals surface area contributed by atoms with E-state index in [0.717, 1.165) is 19.5 Å². The normalized spacial score (nSPS) is 25.4. The van der Waals surface area contributed by atoms with Gasteiger partial charge in [0.05, 0.1) is 12.1 Å². The van der Waals surface area contributed by atoms with Crippen molar-refractivity contribution >= 4 is 5.91 Å². The van der Waals surface area contributed by atoms with Crippen LogP contribution in [0.15, 0.2) is 0 Å². The van der Waals surface area contributed by atoms with Gasteiger partial charge >= 0.3 is 0 Å². The van der Waals surface area contributed by atoms with E-state index in [9.17, 15) is 10.1 Å². The largest absolute Gasteiger partial charge is 0.336 e. The van der Waals surface area contributed by atoms with Gasteiger partial charge in [0.2, 0.25) is 5.91 Å². The fourth-order valence-electron chi connectivity index (χ4n) is 2.41. The number of piperidine rings is 1. The standard InChI is InChI=1S/C15H27N3O/c1-11(2)15(5,10-16)17-14(19)13(4)18-8-6-7-12(3)9-18/h11-13H,6-9H2,1-5H3,(H,17,19). The Labute approximate surface area is 117 Å². The predicted molar refractivity (Wildman–Crippen MR) is 76.4 cm³/mol. The highest BCUT2D eigenvalue weighted by atomic mass is 16.2. The quantitative estimate of drug-likeness (QED) is 0.847. The van der Waals surface area contributed by atoms with Crippen LogP contribution in [0.2, 0.25) is 0 Å². The van der Waals surface area contributed by atoms with Gasteiger partial charge in [-0.25, -0.2) is 0 Å². The molecule has 0 spiro atoms. The van der Waals surface area contributed by atoms with Crippen LogP contribution in [0.1, 0.15) is 47.5 Å². The molecule has 19 heavy (non-hydrogen) atoms. The van der Waals surface area contributed by atoms with Gasteiger partial charge in [0.15, 0.2) is 0 Å². The minimum atomic E-state index is -0.785. The molecule has 0 aliphatic carbocycles. The highest BCUT2D eigenvalue weighted by molar-refractivity contribution is 5.82. The monoisotopic (exact) mass is 265 g/mol. The second kappa shape index (κ2) is 6.38. The summed E-state index contributed by atoms with van der Waals surface area (Å²) in [4.78, 5) is 14.5. The van der Waals surface area contributed by atoms with E-state index < -0.39 is 5.54 Å². The summed E-state index contributed by atoms with van der Waals surface area (Å²) < 4.78 is 0. The van der Waals surface area contributed by atoms with Gasteiger partial charge in [-0.15, -0.1) is 0 Å². The van der Waals surface area contributed by atoms with Crippen molar-refractivity contribution in [2.24, 2.45) is 11.8 Å². The van der Waals surface area contributed by atoms with Gasteiger partial charge < -0.3 is 5.32 Å². The van der Waals surface area contributed by atoms with Crippen LogP contribution in [0, 0.1) is 23.2 Å². The topological polar surface area (TPSA) is 56.1 Å². The predicted octanol–water partition coefficient (Wildman–Crippen LogP) is 2.16. The Bertz CT molecular complexity index is 361. The molecule has 0 aromatic heterocycles. The summed E-state index contributed by atoms with van der Waals surface area (Å²) in [5.41, 5.74) is -0.785. The van der Waals surface area contributed by atoms with Crippen molar-refractivity contribution in [3.63, 3.8) is 0 Å². The van der Waals surface area contributed by atoms with Crippen LogP contribution in [0.3, 0.4) is 0 Å². The number of carbonyl (C=O) groups is 1. The molecule has 1 heterocycles. The molecule has 0 radical (unpaired) electrons. The first-order valence-corrected chi connectivity index (χ1v) is 7.27. The van der Waals surface area contributed by atoms with Gasteiger partial charge in [-0.1, -0.05) is 20.8 Å². The Balaban J connectivity index is 2.65. The first-order valence-electron chi connectivity index (χ1n) is 7.27. The maximum absolute atomic E-state index is 12.3. The third kappa shape index (κ3) is 3.94. The lowest BCUT2D eigenvalue weighted by molar-refractivity contribution is -0.128. The Kier molecular flexibility index (Phi) is 5.37. The van der Waals surface area contributed by atoms with Crippen LogP contribution in [-0.4, -0.2) is 35.5 Å². The molecule has 3 unspecified atom stereocenters. The maximum Gasteiger partial charge on any atom is 0.238 e. The van der Waals surface area contributed by atoms with Gasteiger partial charge in [-0.3, -0.25) is 9.69 Å². The van der Waals surface area contributed by atoms with Crippen LogP contribution in [0.25, 0.3) is 0 Å². The van der Waals surface area contributed by atoms with Crippen molar-refractivity contribution in [3.05, 3.63) is 0 Å². The van der Waals surface area contributed by atoms with E-state index in [4.69, 9.17) is 0 Å². The van der Waals surface area contributed by atoms with Gasteiger partial charge in [0, 0.05) is 6.54 Å². The Morgan fingerprint density at radius 1 is 1.47 bits per heavy atom. The van der Waals surface area contributed by atoms with Crippen LogP contribution in [-0.2, 0) is 4.79 Å². The molecule has 0 bridgehead atoms. The SMILES string of the molecule is CC1CCCN(C(C)C(=O)NC(C)(C#N)C(C)C)C1. The molecule has 0 aromatic carbocycles. The smallest absolute Gasteiger partial charge is 0.238 e. The van der Waals surface area contributed by atoms with Crippen LogP contribution < -0.4 is 5.32 Å². The van der Waals surface area contributed by atoms with Crippen molar-refractivity contribution in [1.82, 2.24) is 10.2 Å². The lowest BCUT2D eigenvalue weighted by Gasteiger charge is -2.36. The Morgan fingerprint density at radius 2 is 2.11 bits per heavy atom. The third-order valence-corrected chi connectivity index (χ3v) is 4.39. The lowest BCUT2D eigenvalue weighted by atomic mass is 9.89. The highest BCUT2D eigenvalue weighted by Crippen LogP contribution is 2.19. The molecule has 1 N–H and O–H groups in total. The molecule has 1 aliphatic heterocycles. The highest BCUT2D eigenvalue weighted by Gasteiger charge is 2.33. The summed E-state index contributed by atoms with van der Waals surface area (Å²) in [7, 11) is 0. The molecule has 1 saturated heterocycles. The van der Waals surface area contributed by atoms with Crippen LogP contribution >= 0.6 is 0 Å². The summed E-state index contributed by atoms with van der Waals surface area (Å²) in [6, 6.07) is 2.07. The molecule has 0 saturated carbocycles. The summed E-state index contributed by atoms with van der Waals surface area (Å²) in [6.45, 7) is 11.8.